The van der Waals surface area contributed by atoms with Gasteiger partial charge in [0.2, 0.25) is 0 Å². The summed E-state index contributed by atoms with van der Waals surface area (Å²) >= 11 is 0. The maximum atomic E-state index is 12.1. The highest BCUT2D eigenvalue weighted by Crippen LogP contribution is 2.32. The second-order valence-electron chi connectivity index (χ2n) is 5.34. The van der Waals surface area contributed by atoms with Crippen molar-refractivity contribution < 1.29 is 28.6 Å². The topological polar surface area (TPSA) is 103 Å². The zero-order valence-electron chi connectivity index (χ0n) is 13.9. The Morgan fingerprint density at radius 1 is 0.885 bits per heavy atom. The minimum atomic E-state index is -0.873. The smallest absolute Gasteiger partial charge is 0.337 e. The summed E-state index contributed by atoms with van der Waals surface area (Å²) in [5.74, 6) is -1.19. The van der Waals surface area contributed by atoms with Crippen molar-refractivity contribution in [2.24, 2.45) is 0 Å². The van der Waals surface area contributed by atoms with Crippen molar-refractivity contribution in [3.05, 3.63) is 48.0 Å². The highest BCUT2D eigenvalue weighted by atomic mass is 16.6. The number of esters is 1. The molecule has 0 saturated heterocycles. The Morgan fingerprint density at radius 2 is 1.54 bits per heavy atom. The van der Waals surface area contributed by atoms with Crippen LogP contribution in [0.1, 0.15) is 10.4 Å². The minimum Gasteiger partial charge on any atom is -0.486 e. The van der Waals surface area contributed by atoms with Gasteiger partial charge < -0.3 is 24.8 Å². The van der Waals surface area contributed by atoms with Gasteiger partial charge in [-0.3, -0.25) is 9.59 Å². The van der Waals surface area contributed by atoms with Crippen LogP contribution in [0.2, 0.25) is 0 Å². The first-order valence-corrected chi connectivity index (χ1v) is 7.77. The highest BCUT2D eigenvalue weighted by molar-refractivity contribution is 6.43. The summed E-state index contributed by atoms with van der Waals surface area (Å²) in [5, 5.41) is 4.91. The molecule has 0 fully saturated rings. The SMILES string of the molecule is COC(=O)c1cccc(NC(=O)C(=O)Nc2ccc3c(c2)OCCO3)c1. The van der Waals surface area contributed by atoms with Crippen LogP contribution >= 0.6 is 0 Å². The maximum absolute atomic E-state index is 12.1. The molecule has 26 heavy (non-hydrogen) atoms. The summed E-state index contributed by atoms with van der Waals surface area (Å²) in [7, 11) is 1.26. The van der Waals surface area contributed by atoms with Crippen LogP contribution in [0.15, 0.2) is 42.5 Å². The molecule has 1 aliphatic rings. The van der Waals surface area contributed by atoms with Crippen LogP contribution in [0, 0.1) is 0 Å². The quantitative estimate of drug-likeness (QED) is 0.642. The van der Waals surface area contributed by atoms with E-state index < -0.39 is 17.8 Å². The van der Waals surface area contributed by atoms with Crippen LogP contribution in [0.4, 0.5) is 11.4 Å². The second kappa shape index (κ2) is 7.56. The van der Waals surface area contributed by atoms with E-state index in [0.717, 1.165) is 0 Å². The molecule has 0 saturated carbocycles. The summed E-state index contributed by atoms with van der Waals surface area (Å²) in [4.78, 5) is 35.6. The molecule has 1 aliphatic heterocycles. The molecule has 0 bridgehead atoms. The van der Waals surface area contributed by atoms with E-state index in [0.29, 0.717) is 36.1 Å². The first-order valence-electron chi connectivity index (χ1n) is 7.77. The lowest BCUT2D eigenvalue weighted by molar-refractivity contribution is -0.133. The van der Waals surface area contributed by atoms with Crippen LogP contribution in [0.25, 0.3) is 0 Å². The first-order chi connectivity index (χ1) is 12.6. The number of carbonyl (C=O) groups excluding carboxylic acids is 3. The fourth-order valence-electron chi connectivity index (χ4n) is 2.34. The molecule has 2 aromatic rings. The third-order valence-corrected chi connectivity index (χ3v) is 3.55. The van der Waals surface area contributed by atoms with Crippen molar-refractivity contribution in [3.63, 3.8) is 0 Å². The largest absolute Gasteiger partial charge is 0.486 e. The van der Waals surface area contributed by atoms with Crippen molar-refractivity contribution in [1.82, 2.24) is 0 Å². The van der Waals surface area contributed by atoms with E-state index >= 15 is 0 Å². The Kier molecular flexibility index (Phi) is 5.02. The number of hydrogen-bond acceptors (Lipinski definition) is 6. The van der Waals surface area contributed by atoms with E-state index in [-0.39, 0.29) is 5.56 Å². The number of anilines is 2. The van der Waals surface area contributed by atoms with Crippen LogP contribution in [0.3, 0.4) is 0 Å². The van der Waals surface area contributed by atoms with E-state index in [9.17, 15) is 14.4 Å². The Bertz CT molecular complexity index is 865. The maximum Gasteiger partial charge on any atom is 0.337 e. The molecule has 8 nitrogen and oxygen atoms in total. The fraction of sp³-hybridized carbons (Fsp3) is 0.167. The summed E-state index contributed by atoms with van der Waals surface area (Å²) in [6.45, 7) is 0.882. The predicted molar refractivity (Wildman–Crippen MR) is 92.5 cm³/mol. The normalized spacial score (nSPS) is 12.0. The Labute approximate surface area is 149 Å². The predicted octanol–water partition coefficient (Wildman–Crippen LogP) is 1.82. The molecule has 2 amide bonds. The summed E-state index contributed by atoms with van der Waals surface area (Å²) in [6.07, 6.45) is 0. The van der Waals surface area contributed by atoms with Gasteiger partial charge in [-0.2, -0.15) is 0 Å². The molecule has 3 rings (SSSR count). The Hall–Kier alpha value is -3.55. The van der Waals surface area contributed by atoms with E-state index in [2.05, 4.69) is 15.4 Å². The molecular weight excluding hydrogens is 340 g/mol. The number of hydrogen-bond donors (Lipinski definition) is 2. The molecule has 0 unspecified atom stereocenters. The van der Waals surface area contributed by atoms with Crippen molar-refractivity contribution in [1.29, 1.82) is 0 Å². The van der Waals surface area contributed by atoms with Gasteiger partial charge in [-0.1, -0.05) is 6.07 Å². The standard InChI is InChI=1S/C18H16N2O6/c1-24-18(23)11-3-2-4-12(9-11)19-16(21)17(22)20-13-5-6-14-15(10-13)26-8-7-25-14/h2-6,9-10H,7-8H2,1H3,(H,19,21)(H,20,22). The molecule has 0 aromatic heterocycles. The van der Waals surface area contributed by atoms with Crippen LogP contribution in [0.5, 0.6) is 11.5 Å². The van der Waals surface area contributed by atoms with E-state index in [1.165, 1.54) is 19.2 Å². The zero-order chi connectivity index (χ0) is 18.5. The summed E-state index contributed by atoms with van der Waals surface area (Å²) in [5.41, 5.74) is 0.963. The van der Waals surface area contributed by atoms with Crippen molar-refractivity contribution in [3.8, 4) is 11.5 Å². The molecule has 0 spiro atoms. The van der Waals surface area contributed by atoms with Crippen LogP contribution in [-0.4, -0.2) is 38.1 Å². The molecular formula is C18H16N2O6. The number of fused-ring (bicyclic) bond motifs is 1. The molecule has 134 valence electrons. The minimum absolute atomic E-state index is 0.262. The number of ether oxygens (including phenoxy) is 3. The van der Waals surface area contributed by atoms with E-state index in [1.807, 2.05) is 0 Å². The zero-order valence-corrected chi connectivity index (χ0v) is 13.9. The molecule has 2 aromatic carbocycles. The lowest BCUT2D eigenvalue weighted by Gasteiger charge is -2.18. The van der Waals surface area contributed by atoms with Crippen molar-refractivity contribution in [2.75, 3.05) is 31.0 Å². The first kappa shape index (κ1) is 17.3. The molecule has 2 N–H and O–H groups in total. The molecule has 1 heterocycles. The van der Waals surface area contributed by atoms with Gasteiger partial charge in [-0.15, -0.1) is 0 Å². The Morgan fingerprint density at radius 3 is 2.23 bits per heavy atom. The monoisotopic (exact) mass is 356 g/mol. The number of amides is 2. The van der Waals surface area contributed by atoms with Gasteiger partial charge in [-0.05, 0) is 30.3 Å². The summed E-state index contributed by atoms with van der Waals surface area (Å²) in [6, 6.07) is 10.9. The average molecular weight is 356 g/mol. The van der Waals surface area contributed by atoms with Gasteiger partial charge in [0.25, 0.3) is 0 Å². The van der Waals surface area contributed by atoms with Crippen LogP contribution in [-0.2, 0) is 14.3 Å². The lowest BCUT2D eigenvalue weighted by atomic mass is 10.2. The van der Waals surface area contributed by atoms with Gasteiger partial charge >= 0.3 is 17.8 Å². The third-order valence-electron chi connectivity index (χ3n) is 3.55. The lowest BCUT2D eigenvalue weighted by Crippen LogP contribution is -2.29. The number of methoxy groups -OCH3 is 1. The van der Waals surface area contributed by atoms with Crippen LogP contribution < -0.4 is 20.1 Å². The third kappa shape index (κ3) is 3.92. The molecule has 0 aliphatic carbocycles. The van der Waals surface area contributed by atoms with Gasteiger partial charge in [0, 0.05) is 17.4 Å². The van der Waals surface area contributed by atoms with E-state index in [4.69, 9.17) is 9.47 Å². The number of carbonyl (C=O) groups is 3. The van der Waals surface area contributed by atoms with Gasteiger partial charge in [0.05, 0.1) is 12.7 Å². The summed E-state index contributed by atoms with van der Waals surface area (Å²) < 4.78 is 15.4. The molecule has 0 atom stereocenters. The van der Waals surface area contributed by atoms with E-state index in [1.54, 1.807) is 30.3 Å². The second-order valence-corrected chi connectivity index (χ2v) is 5.34. The number of nitrogens with one attached hydrogen (secondary N) is 2. The van der Waals surface area contributed by atoms with Gasteiger partial charge in [-0.25, -0.2) is 4.79 Å². The number of rotatable bonds is 3. The Balaban J connectivity index is 1.65. The molecule has 0 radical (unpaired) electrons. The van der Waals surface area contributed by atoms with Crippen molar-refractivity contribution in [2.45, 2.75) is 0 Å². The average Bonchev–Trinajstić information content (AvgIpc) is 2.67. The highest BCUT2D eigenvalue weighted by Gasteiger charge is 2.17. The molecule has 8 heteroatoms. The fourth-order valence-corrected chi connectivity index (χ4v) is 2.34. The van der Waals surface area contributed by atoms with Gasteiger partial charge in [0.15, 0.2) is 11.5 Å². The van der Waals surface area contributed by atoms with Gasteiger partial charge in [0.1, 0.15) is 13.2 Å². The number of benzene rings is 2. The van der Waals surface area contributed by atoms with Crippen molar-refractivity contribution >= 4 is 29.2 Å².